The standard InChI is InChI=1S/C12H13F3O4/c1-3-17-10-7-8(11(16)18-4-2)5-6-9(10)19-12(13,14)15/h5-7H,3-4H2,1-2H3. The summed E-state index contributed by atoms with van der Waals surface area (Å²) >= 11 is 0. The zero-order chi connectivity index (χ0) is 14.5. The number of carbonyl (C=O) groups is 1. The smallest absolute Gasteiger partial charge is 0.490 e. The lowest BCUT2D eigenvalue weighted by molar-refractivity contribution is -0.275. The maximum absolute atomic E-state index is 12.2. The van der Waals surface area contributed by atoms with Crippen molar-refractivity contribution in [3.63, 3.8) is 0 Å². The number of benzene rings is 1. The lowest BCUT2D eigenvalue weighted by Gasteiger charge is -2.14. The predicted molar refractivity (Wildman–Crippen MR) is 60.3 cm³/mol. The summed E-state index contributed by atoms with van der Waals surface area (Å²) in [6.45, 7) is 3.54. The molecule has 0 aromatic heterocycles. The number of hydrogen-bond acceptors (Lipinski definition) is 4. The first-order chi connectivity index (χ1) is 8.87. The summed E-state index contributed by atoms with van der Waals surface area (Å²) < 4.78 is 50.1. The van der Waals surface area contributed by atoms with E-state index in [1.165, 1.54) is 6.07 Å². The molecule has 0 spiro atoms. The molecule has 0 bridgehead atoms. The molecule has 1 rings (SSSR count). The van der Waals surface area contributed by atoms with E-state index in [1.807, 2.05) is 0 Å². The zero-order valence-corrected chi connectivity index (χ0v) is 10.4. The molecule has 19 heavy (non-hydrogen) atoms. The van der Waals surface area contributed by atoms with E-state index in [0.717, 1.165) is 12.1 Å². The molecule has 0 aliphatic rings. The molecule has 0 aliphatic heterocycles. The van der Waals surface area contributed by atoms with Gasteiger partial charge >= 0.3 is 12.3 Å². The molecule has 0 radical (unpaired) electrons. The number of halogens is 3. The summed E-state index contributed by atoms with van der Waals surface area (Å²) in [7, 11) is 0. The van der Waals surface area contributed by atoms with Gasteiger partial charge in [-0.25, -0.2) is 4.79 Å². The highest BCUT2D eigenvalue weighted by Gasteiger charge is 2.32. The van der Waals surface area contributed by atoms with Crippen molar-refractivity contribution >= 4 is 5.97 Å². The van der Waals surface area contributed by atoms with Crippen LogP contribution in [0.2, 0.25) is 0 Å². The first-order valence-electron chi connectivity index (χ1n) is 5.57. The lowest BCUT2D eigenvalue weighted by atomic mass is 10.2. The van der Waals surface area contributed by atoms with Gasteiger partial charge in [0.1, 0.15) is 0 Å². The minimum atomic E-state index is -4.82. The molecular weight excluding hydrogens is 265 g/mol. The molecule has 7 heteroatoms. The minimum Gasteiger partial charge on any atom is -0.490 e. The second kappa shape index (κ2) is 6.31. The highest BCUT2D eigenvalue weighted by Crippen LogP contribution is 2.33. The van der Waals surface area contributed by atoms with Crippen LogP contribution in [0, 0.1) is 0 Å². The topological polar surface area (TPSA) is 44.8 Å². The van der Waals surface area contributed by atoms with Crippen LogP contribution >= 0.6 is 0 Å². The third-order valence-corrected chi connectivity index (χ3v) is 1.98. The van der Waals surface area contributed by atoms with Gasteiger partial charge in [0.15, 0.2) is 11.5 Å². The van der Waals surface area contributed by atoms with Crippen LogP contribution in [0.3, 0.4) is 0 Å². The summed E-state index contributed by atoms with van der Waals surface area (Å²) in [5, 5.41) is 0. The lowest BCUT2D eigenvalue weighted by Crippen LogP contribution is -2.18. The Kier molecular flexibility index (Phi) is 5.02. The maximum Gasteiger partial charge on any atom is 0.573 e. The van der Waals surface area contributed by atoms with E-state index in [9.17, 15) is 18.0 Å². The Morgan fingerprint density at radius 1 is 1.16 bits per heavy atom. The van der Waals surface area contributed by atoms with Crippen molar-refractivity contribution in [1.29, 1.82) is 0 Å². The summed E-state index contributed by atoms with van der Waals surface area (Å²) in [5.41, 5.74) is 0.0971. The van der Waals surface area contributed by atoms with Crippen LogP contribution in [-0.2, 0) is 4.74 Å². The van der Waals surface area contributed by atoms with Gasteiger partial charge in [-0.2, -0.15) is 0 Å². The van der Waals surface area contributed by atoms with Crippen LogP contribution in [0.4, 0.5) is 13.2 Å². The number of esters is 1. The second-order valence-electron chi connectivity index (χ2n) is 3.36. The Balaban J connectivity index is 3.03. The molecule has 4 nitrogen and oxygen atoms in total. The normalized spacial score (nSPS) is 11.0. The Labute approximate surface area is 108 Å². The predicted octanol–water partition coefficient (Wildman–Crippen LogP) is 3.16. The van der Waals surface area contributed by atoms with E-state index in [1.54, 1.807) is 13.8 Å². The molecule has 0 fully saturated rings. The fourth-order valence-corrected chi connectivity index (χ4v) is 1.33. The number of alkyl halides is 3. The Morgan fingerprint density at radius 2 is 1.84 bits per heavy atom. The third kappa shape index (κ3) is 4.69. The van der Waals surface area contributed by atoms with Crippen molar-refractivity contribution in [3.8, 4) is 11.5 Å². The van der Waals surface area contributed by atoms with Gasteiger partial charge in [-0.3, -0.25) is 0 Å². The summed E-state index contributed by atoms with van der Waals surface area (Å²) in [4.78, 5) is 11.5. The maximum atomic E-state index is 12.2. The van der Waals surface area contributed by atoms with Gasteiger partial charge in [0, 0.05) is 0 Å². The number of hydrogen-bond donors (Lipinski definition) is 0. The first kappa shape index (κ1) is 15.1. The molecular formula is C12H13F3O4. The first-order valence-corrected chi connectivity index (χ1v) is 5.57. The fourth-order valence-electron chi connectivity index (χ4n) is 1.33. The third-order valence-electron chi connectivity index (χ3n) is 1.98. The number of rotatable bonds is 5. The average molecular weight is 278 g/mol. The molecule has 1 aromatic carbocycles. The van der Waals surface area contributed by atoms with Crippen molar-refractivity contribution in [2.24, 2.45) is 0 Å². The van der Waals surface area contributed by atoms with Gasteiger partial charge in [0.2, 0.25) is 0 Å². The molecule has 0 aliphatic carbocycles. The Bertz CT molecular complexity index is 443. The van der Waals surface area contributed by atoms with E-state index in [4.69, 9.17) is 9.47 Å². The average Bonchev–Trinajstić information content (AvgIpc) is 2.30. The molecule has 0 saturated heterocycles. The summed E-state index contributed by atoms with van der Waals surface area (Å²) in [6, 6.07) is 3.36. The molecule has 106 valence electrons. The SMILES string of the molecule is CCOC(=O)c1ccc(OC(F)(F)F)c(OCC)c1. The van der Waals surface area contributed by atoms with Gasteiger partial charge in [-0.05, 0) is 32.0 Å². The van der Waals surface area contributed by atoms with Crippen LogP contribution in [-0.4, -0.2) is 25.5 Å². The summed E-state index contributed by atoms with van der Waals surface area (Å²) in [6.07, 6.45) is -4.82. The molecule has 0 saturated carbocycles. The fraction of sp³-hybridized carbons (Fsp3) is 0.417. The highest BCUT2D eigenvalue weighted by molar-refractivity contribution is 5.90. The summed E-state index contributed by atoms with van der Waals surface area (Å²) in [5.74, 6) is -1.30. The van der Waals surface area contributed by atoms with Crippen molar-refractivity contribution < 1.29 is 32.2 Å². The van der Waals surface area contributed by atoms with Crippen molar-refractivity contribution in [1.82, 2.24) is 0 Å². The minimum absolute atomic E-state index is 0.0971. The molecule has 1 aromatic rings. The van der Waals surface area contributed by atoms with Crippen LogP contribution in [0.5, 0.6) is 11.5 Å². The molecule has 0 atom stereocenters. The van der Waals surface area contributed by atoms with Crippen molar-refractivity contribution in [2.45, 2.75) is 20.2 Å². The Hall–Kier alpha value is -1.92. The van der Waals surface area contributed by atoms with Gasteiger partial charge in [0.25, 0.3) is 0 Å². The molecule has 0 N–H and O–H groups in total. The quantitative estimate of drug-likeness (QED) is 0.776. The largest absolute Gasteiger partial charge is 0.573 e. The van der Waals surface area contributed by atoms with Crippen LogP contribution < -0.4 is 9.47 Å². The number of ether oxygens (including phenoxy) is 3. The van der Waals surface area contributed by atoms with E-state index in [0.29, 0.717) is 0 Å². The van der Waals surface area contributed by atoms with E-state index >= 15 is 0 Å². The highest BCUT2D eigenvalue weighted by atomic mass is 19.4. The van der Waals surface area contributed by atoms with E-state index < -0.39 is 18.1 Å². The van der Waals surface area contributed by atoms with E-state index in [2.05, 4.69) is 4.74 Å². The van der Waals surface area contributed by atoms with Gasteiger partial charge in [-0.1, -0.05) is 0 Å². The Morgan fingerprint density at radius 3 is 2.37 bits per heavy atom. The molecule has 0 unspecified atom stereocenters. The van der Waals surface area contributed by atoms with Crippen LogP contribution in [0.25, 0.3) is 0 Å². The van der Waals surface area contributed by atoms with Gasteiger partial charge in [0.05, 0.1) is 18.8 Å². The van der Waals surface area contributed by atoms with Gasteiger partial charge in [-0.15, -0.1) is 13.2 Å². The van der Waals surface area contributed by atoms with Crippen molar-refractivity contribution in [2.75, 3.05) is 13.2 Å². The molecule has 0 amide bonds. The monoisotopic (exact) mass is 278 g/mol. The van der Waals surface area contributed by atoms with Crippen LogP contribution in [0.15, 0.2) is 18.2 Å². The second-order valence-corrected chi connectivity index (χ2v) is 3.36. The van der Waals surface area contributed by atoms with Gasteiger partial charge < -0.3 is 14.2 Å². The van der Waals surface area contributed by atoms with E-state index in [-0.39, 0.29) is 24.5 Å². The zero-order valence-electron chi connectivity index (χ0n) is 10.4. The molecule has 0 heterocycles. The van der Waals surface area contributed by atoms with Crippen LogP contribution in [0.1, 0.15) is 24.2 Å². The number of carbonyl (C=O) groups excluding carboxylic acids is 1. The van der Waals surface area contributed by atoms with Crippen molar-refractivity contribution in [3.05, 3.63) is 23.8 Å².